The molecule has 0 unspecified atom stereocenters. The number of nitrogens with one attached hydrogen (secondary N) is 2. The fourth-order valence-corrected chi connectivity index (χ4v) is 3.10. The van der Waals surface area contributed by atoms with Crippen LogP contribution in [0.3, 0.4) is 0 Å². The van der Waals surface area contributed by atoms with Crippen LogP contribution in [-0.4, -0.2) is 30.0 Å². The molecule has 0 bridgehead atoms. The number of hydrogen-bond acceptors (Lipinski definition) is 3. The van der Waals surface area contributed by atoms with E-state index in [1.54, 1.807) is 17.8 Å². The van der Waals surface area contributed by atoms with Crippen molar-refractivity contribution in [1.82, 2.24) is 5.32 Å². The number of halogens is 1. The molecular formula is C14H19FN2OS. The van der Waals surface area contributed by atoms with E-state index in [0.29, 0.717) is 16.7 Å². The molecule has 104 valence electrons. The van der Waals surface area contributed by atoms with Crippen LogP contribution in [0.25, 0.3) is 0 Å². The van der Waals surface area contributed by atoms with Crippen LogP contribution in [0.15, 0.2) is 18.2 Å². The zero-order valence-electron chi connectivity index (χ0n) is 11.0. The fourth-order valence-electron chi connectivity index (χ4n) is 2.07. The summed E-state index contributed by atoms with van der Waals surface area (Å²) in [7, 11) is 0. The molecule has 1 aliphatic rings. The Morgan fingerprint density at radius 2 is 2.21 bits per heavy atom. The summed E-state index contributed by atoms with van der Waals surface area (Å²) >= 11 is 1.69. The number of carbonyl (C=O) groups excluding carboxylic acids is 1. The van der Waals surface area contributed by atoms with E-state index in [2.05, 4.69) is 10.6 Å². The number of carbonyl (C=O) groups is 1. The Balaban J connectivity index is 1.81. The van der Waals surface area contributed by atoms with Gasteiger partial charge in [-0.3, -0.25) is 4.79 Å². The van der Waals surface area contributed by atoms with Crippen molar-refractivity contribution in [2.75, 3.05) is 24.2 Å². The molecule has 1 heterocycles. The maximum absolute atomic E-state index is 13.1. The van der Waals surface area contributed by atoms with E-state index in [4.69, 9.17) is 0 Å². The Hall–Kier alpha value is -1.07. The molecule has 1 saturated heterocycles. The number of hydrogen-bond donors (Lipinski definition) is 2. The SMILES string of the molecule is Cc1ccc(F)cc1NC(=O)CSC1CCNCC1. The van der Waals surface area contributed by atoms with E-state index in [1.165, 1.54) is 12.1 Å². The molecule has 19 heavy (non-hydrogen) atoms. The average molecular weight is 282 g/mol. The first-order valence-electron chi connectivity index (χ1n) is 6.53. The molecule has 1 aliphatic heterocycles. The number of rotatable bonds is 4. The summed E-state index contributed by atoms with van der Waals surface area (Å²) in [6.07, 6.45) is 2.22. The molecule has 2 rings (SSSR count). The molecule has 0 atom stereocenters. The highest BCUT2D eigenvalue weighted by Gasteiger charge is 2.15. The van der Waals surface area contributed by atoms with Crippen LogP contribution < -0.4 is 10.6 Å². The van der Waals surface area contributed by atoms with E-state index in [-0.39, 0.29) is 11.7 Å². The summed E-state index contributed by atoms with van der Waals surface area (Å²) in [6, 6.07) is 4.43. The fraction of sp³-hybridized carbons (Fsp3) is 0.500. The third-order valence-electron chi connectivity index (χ3n) is 3.21. The molecular weight excluding hydrogens is 263 g/mol. The van der Waals surface area contributed by atoms with Gasteiger partial charge < -0.3 is 10.6 Å². The minimum absolute atomic E-state index is 0.0581. The highest BCUT2D eigenvalue weighted by Crippen LogP contribution is 2.21. The van der Waals surface area contributed by atoms with Crippen molar-refractivity contribution in [3.63, 3.8) is 0 Å². The van der Waals surface area contributed by atoms with Gasteiger partial charge in [0.05, 0.1) is 5.75 Å². The Labute approximate surface area is 117 Å². The van der Waals surface area contributed by atoms with Crippen LogP contribution in [0.2, 0.25) is 0 Å². The van der Waals surface area contributed by atoms with Gasteiger partial charge in [0.25, 0.3) is 0 Å². The predicted octanol–water partition coefficient (Wildman–Crippen LogP) is 2.56. The molecule has 0 aliphatic carbocycles. The molecule has 1 fully saturated rings. The molecule has 0 aromatic heterocycles. The highest BCUT2D eigenvalue weighted by atomic mass is 32.2. The van der Waals surface area contributed by atoms with Gasteiger partial charge in [-0.25, -0.2) is 4.39 Å². The average Bonchev–Trinajstić information content (AvgIpc) is 2.42. The van der Waals surface area contributed by atoms with Gasteiger partial charge in [-0.15, -0.1) is 11.8 Å². The molecule has 0 spiro atoms. The maximum Gasteiger partial charge on any atom is 0.234 e. The summed E-state index contributed by atoms with van der Waals surface area (Å²) in [5.41, 5.74) is 1.44. The first-order chi connectivity index (χ1) is 9.15. The van der Waals surface area contributed by atoms with Gasteiger partial charge in [-0.1, -0.05) is 6.07 Å². The Kier molecular flexibility index (Phi) is 5.22. The zero-order valence-corrected chi connectivity index (χ0v) is 11.9. The first kappa shape index (κ1) is 14.3. The Morgan fingerprint density at radius 3 is 2.95 bits per heavy atom. The van der Waals surface area contributed by atoms with Gasteiger partial charge in [-0.05, 0) is 50.6 Å². The van der Waals surface area contributed by atoms with Crippen molar-refractivity contribution in [2.45, 2.75) is 25.0 Å². The van der Waals surface area contributed by atoms with Crippen molar-refractivity contribution in [3.8, 4) is 0 Å². The summed E-state index contributed by atoms with van der Waals surface area (Å²) in [6.45, 7) is 3.92. The number of thioether (sulfide) groups is 1. The van der Waals surface area contributed by atoms with Crippen molar-refractivity contribution >= 4 is 23.4 Å². The predicted molar refractivity (Wildman–Crippen MR) is 78.1 cm³/mol. The standard InChI is InChI=1S/C14H19FN2OS/c1-10-2-3-11(15)8-13(10)17-14(18)9-19-12-4-6-16-7-5-12/h2-3,8,12,16H,4-7,9H2,1H3,(H,17,18). The van der Waals surface area contributed by atoms with E-state index in [1.807, 2.05) is 6.92 Å². The molecule has 5 heteroatoms. The molecule has 0 radical (unpaired) electrons. The second kappa shape index (κ2) is 6.91. The molecule has 1 aromatic rings. The lowest BCUT2D eigenvalue weighted by Gasteiger charge is -2.21. The molecule has 2 N–H and O–H groups in total. The Bertz CT molecular complexity index is 447. The van der Waals surface area contributed by atoms with Crippen molar-refractivity contribution in [2.24, 2.45) is 0 Å². The molecule has 0 saturated carbocycles. The van der Waals surface area contributed by atoms with Crippen LogP contribution in [-0.2, 0) is 4.79 Å². The van der Waals surface area contributed by atoms with Gasteiger partial charge in [0.15, 0.2) is 0 Å². The van der Waals surface area contributed by atoms with Crippen molar-refractivity contribution in [3.05, 3.63) is 29.6 Å². The smallest absolute Gasteiger partial charge is 0.234 e. The maximum atomic E-state index is 13.1. The molecule has 3 nitrogen and oxygen atoms in total. The van der Waals surface area contributed by atoms with Crippen molar-refractivity contribution < 1.29 is 9.18 Å². The topological polar surface area (TPSA) is 41.1 Å². The minimum atomic E-state index is -0.327. The minimum Gasteiger partial charge on any atom is -0.325 e. The quantitative estimate of drug-likeness (QED) is 0.892. The number of piperidine rings is 1. The van der Waals surface area contributed by atoms with E-state index >= 15 is 0 Å². The number of benzene rings is 1. The lowest BCUT2D eigenvalue weighted by atomic mass is 10.2. The lowest BCUT2D eigenvalue weighted by Crippen LogP contribution is -2.30. The van der Waals surface area contributed by atoms with Crippen LogP contribution >= 0.6 is 11.8 Å². The van der Waals surface area contributed by atoms with E-state index in [9.17, 15) is 9.18 Å². The number of amides is 1. The summed E-state index contributed by atoms with van der Waals surface area (Å²) in [4.78, 5) is 11.8. The zero-order chi connectivity index (χ0) is 13.7. The first-order valence-corrected chi connectivity index (χ1v) is 7.58. The van der Waals surface area contributed by atoms with Gasteiger partial charge in [-0.2, -0.15) is 0 Å². The summed E-state index contributed by atoms with van der Waals surface area (Å²) < 4.78 is 13.1. The normalized spacial score (nSPS) is 16.3. The summed E-state index contributed by atoms with van der Waals surface area (Å²) in [5, 5.41) is 6.63. The van der Waals surface area contributed by atoms with E-state index < -0.39 is 0 Å². The monoisotopic (exact) mass is 282 g/mol. The molecule has 1 aromatic carbocycles. The second-order valence-electron chi connectivity index (χ2n) is 4.77. The molecule has 1 amide bonds. The number of anilines is 1. The van der Waals surface area contributed by atoms with Crippen LogP contribution in [0, 0.1) is 12.7 Å². The highest BCUT2D eigenvalue weighted by molar-refractivity contribution is 8.00. The third kappa shape index (κ3) is 4.51. The van der Waals surface area contributed by atoms with Gasteiger partial charge in [0.2, 0.25) is 5.91 Å². The van der Waals surface area contributed by atoms with Crippen molar-refractivity contribution in [1.29, 1.82) is 0 Å². The van der Waals surface area contributed by atoms with Gasteiger partial charge in [0, 0.05) is 10.9 Å². The van der Waals surface area contributed by atoms with Crippen LogP contribution in [0.4, 0.5) is 10.1 Å². The van der Waals surface area contributed by atoms with Gasteiger partial charge >= 0.3 is 0 Å². The van der Waals surface area contributed by atoms with Crippen LogP contribution in [0.5, 0.6) is 0 Å². The number of aryl methyl sites for hydroxylation is 1. The second-order valence-corrected chi connectivity index (χ2v) is 6.06. The summed E-state index contributed by atoms with van der Waals surface area (Å²) in [5.74, 6) is 0.0461. The lowest BCUT2D eigenvalue weighted by molar-refractivity contribution is -0.113. The Morgan fingerprint density at radius 1 is 1.47 bits per heavy atom. The largest absolute Gasteiger partial charge is 0.325 e. The third-order valence-corrected chi connectivity index (χ3v) is 4.58. The van der Waals surface area contributed by atoms with E-state index in [0.717, 1.165) is 31.5 Å². The van der Waals surface area contributed by atoms with Crippen LogP contribution in [0.1, 0.15) is 18.4 Å². The van der Waals surface area contributed by atoms with Gasteiger partial charge in [0.1, 0.15) is 5.82 Å².